The van der Waals surface area contributed by atoms with Gasteiger partial charge in [0.1, 0.15) is 18.2 Å². The van der Waals surface area contributed by atoms with Crippen molar-refractivity contribution in [2.75, 3.05) is 11.4 Å². The molecule has 0 saturated heterocycles. The van der Waals surface area contributed by atoms with Crippen LogP contribution in [0.3, 0.4) is 0 Å². The van der Waals surface area contributed by atoms with Crippen molar-refractivity contribution in [2.24, 2.45) is 0 Å². The van der Waals surface area contributed by atoms with Crippen molar-refractivity contribution in [2.45, 2.75) is 6.61 Å². The zero-order valence-corrected chi connectivity index (χ0v) is 14.9. The Balaban J connectivity index is 1.39. The van der Waals surface area contributed by atoms with E-state index in [1.165, 1.54) is 11.3 Å². The molecular weight excluding hydrogens is 364 g/mol. The Labute approximate surface area is 159 Å². The van der Waals surface area contributed by atoms with Gasteiger partial charge in [-0.05, 0) is 12.1 Å². The maximum absolute atomic E-state index is 12.2. The van der Waals surface area contributed by atoms with Gasteiger partial charge >= 0.3 is 5.97 Å². The van der Waals surface area contributed by atoms with Crippen LogP contribution in [0.4, 0.5) is 5.69 Å². The number of carbonyl (C=O) groups excluding carboxylic acids is 3. The average molecular weight is 378 g/mol. The second-order valence-corrected chi connectivity index (χ2v) is 6.77. The van der Waals surface area contributed by atoms with Gasteiger partial charge in [-0.25, -0.2) is 4.98 Å². The Morgan fingerprint density at radius 3 is 2.59 bits per heavy atom. The average Bonchev–Trinajstić information content (AvgIpc) is 3.27. The molecule has 0 radical (unpaired) electrons. The van der Waals surface area contributed by atoms with Crippen molar-refractivity contribution in [1.29, 1.82) is 0 Å². The summed E-state index contributed by atoms with van der Waals surface area (Å²) in [5.74, 6) is -1.92. The summed E-state index contributed by atoms with van der Waals surface area (Å²) in [6, 6.07) is 16.3. The summed E-state index contributed by atoms with van der Waals surface area (Å²) >= 11 is 1.47. The minimum atomic E-state index is -0.715. The minimum Gasteiger partial charge on any atom is -0.458 e. The number of ketones is 1. The summed E-state index contributed by atoms with van der Waals surface area (Å²) in [4.78, 5) is 41.8. The van der Waals surface area contributed by atoms with Crippen molar-refractivity contribution >= 4 is 34.7 Å². The van der Waals surface area contributed by atoms with E-state index < -0.39 is 17.7 Å². The van der Waals surface area contributed by atoms with Gasteiger partial charge in [-0.15, -0.1) is 11.3 Å². The highest BCUT2D eigenvalue weighted by atomic mass is 32.1. The molecule has 134 valence electrons. The van der Waals surface area contributed by atoms with Gasteiger partial charge in [0, 0.05) is 10.9 Å². The molecule has 0 fully saturated rings. The Hall–Kier alpha value is -3.32. The van der Waals surface area contributed by atoms with Crippen molar-refractivity contribution in [1.82, 2.24) is 4.98 Å². The summed E-state index contributed by atoms with van der Waals surface area (Å²) in [7, 11) is 0. The molecule has 0 spiro atoms. The first-order chi connectivity index (χ1) is 13.1. The number of esters is 1. The number of rotatable bonds is 5. The number of ether oxygens (including phenoxy) is 1. The maximum atomic E-state index is 12.2. The highest BCUT2D eigenvalue weighted by molar-refractivity contribution is 7.13. The molecule has 0 unspecified atom stereocenters. The molecule has 7 heteroatoms. The van der Waals surface area contributed by atoms with Gasteiger partial charge in [-0.1, -0.05) is 42.5 Å². The first kappa shape index (κ1) is 17.1. The smallest absolute Gasteiger partial charge is 0.326 e. The molecule has 4 rings (SSSR count). The molecule has 1 aliphatic rings. The molecule has 2 heterocycles. The number of nitrogens with zero attached hydrogens (tertiary/aromatic N) is 2. The number of anilines is 1. The number of thiazole rings is 1. The number of hydrogen-bond donors (Lipinski definition) is 0. The van der Waals surface area contributed by atoms with Crippen LogP contribution in [-0.2, 0) is 20.9 Å². The lowest BCUT2D eigenvalue weighted by molar-refractivity contribution is -0.144. The summed E-state index contributed by atoms with van der Waals surface area (Å²) in [5, 5.41) is 2.67. The number of hydrogen-bond acceptors (Lipinski definition) is 6. The monoisotopic (exact) mass is 378 g/mol. The zero-order valence-electron chi connectivity index (χ0n) is 14.1. The van der Waals surface area contributed by atoms with E-state index in [2.05, 4.69) is 4.98 Å². The van der Waals surface area contributed by atoms with Crippen LogP contribution in [0.25, 0.3) is 10.6 Å². The van der Waals surface area contributed by atoms with Crippen LogP contribution >= 0.6 is 11.3 Å². The Morgan fingerprint density at radius 2 is 1.78 bits per heavy atom. The number of benzene rings is 2. The molecule has 3 aromatic rings. The molecule has 27 heavy (non-hydrogen) atoms. The van der Waals surface area contributed by atoms with Gasteiger partial charge in [-0.2, -0.15) is 0 Å². The maximum Gasteiger partial charge on any atom is 0.326 e. The predicted octanol–water partition coefficient (Wildman–Crippen LogP) is 3.08. The van der Waals surface area contributed by atoms with Gasteiger partial charge in [0.05, 0.1) is 16.9 Å². The number of carbonyl (C=O) groups is 3. The fourth-order valence-electron chi connectivity index (χ4n) is 2.82. The topological polar surface area (TPSA) is 76.6 Å². The van der Waals surface area contributed by atoms with Gasteiger partial charge < -0.3 is 4.74 Å². The second-order valence-electron chi connectivity index (χ2n) is 5.91. The van der Waals surface area contributed by atoms with E-state index in [9.17, 15) is 14.4 Å². The number of Topliss-reactive ketones (excluding diaryl/α,β-unsaturated/α-hetero) is 1. The van der Waals surface area contributed by atoms with E-state index >= 15 is 0 Å². The molecule has 0 bridgehead atoms. The molecular formula is C20H14N2O4S. The molecule has 6 nitrogen and oxygen atoms in total. The van der Waals surface area contributed by atoms with E-state index in [0.717, 1.165) is 15.5 Å². The first-order valence-corrected chi connectivity index (χ1v) is 9.12. The van der Waals surface area contributed by atoms with E-state index in [0.29, 0.717) is 16.9 Å². The van der Waals surface area contributed by atoms with Crippen LogP contribution in [0.15, 0.2) is 60.0 Å². The van der Waals surface area contributed by atoms with E-state index in [1.807, 2.05) is 35.7 Å². The van der Waals surface area contributed by atoms with Gasteiger partial charge in [-0.3, -0.25) is 19.3 Å². The minimum absolute atomic E-state index is 0.0137. The molecule has 1 aliphatic heterocycles. The fraction of sp³-hybridized carbons (Fsp3) is 0.100. The van der Waals surface area contributed by atoms with Crippen molar-refractivity contribution in [3.8, 4) is 10.6 Å². The summed E-state index contributed by atoms with van der Waals surface area (Å²) in [6.45, 7) is -0.295. The predicted molar refractivity (Wildman–Crippen MR) is 100 cm³/mol. The lowest BCUT2D eigenvalue weighted by Crippen LogP contribution is -2.35. The Kier molecular flexibility index (Phi) is 4.52. The Bertz CT molecular complexity index is 1030. The molecule has 0 N–H and O–H groups in total. The lowest BCUT2D eigenvalue weighted by atomic mass is 10.1. The van der Waals surface area contributed by atoms with Gasteiger partial charge in [0.2, 0.25) is 0 Å². The molecule has 1 amide bonds. The lowest BCUT2D eigenvalue weighted by Gasteiger charge is -2.15. The van der Waals surface area contributed by atoms with Crippen molar-refractivity contribution in [3.63, 3.8) is 0 Å². The van der Waals surface area contributed by atoms with E-state index in [1.54, 1.807) is 24.3 Å². The third-order valence-electron chi connectivity index (χ3n) is 4.12. The molecule has 1 aromatic heterocycles. The van der Waals surface area contributed by atoms with Crippen LogP contribution in [-0.4, -0.2) is 29.2 Å². The SMILES string of the molecule is O=C(CN1C(=O)C(=O)c2ccccc21)OCc1csc(-c2ccccc2)n1. The summed E-state index contributed by atoms with van der Waals surface area (Å²) in [6.07, 6.45) is 0. The number of fused-ring (bicyclic) bond motifs is 1. The first-order valence-electron chi connectivity index (χ1n) is 8.24. The fourth-order valence-corrected chi connectivity index (χ4v) is 3.63. The third-order valence-corrected chi connectivity index (χ3v) is 5.06. The van der Waals surface area contributed by atoms with Crippen LogP contribution in [0.5, 0.6) is 0 Å². The molecule has 0 aliphatic carbocycles. The molecule has 0 saturated carbocycles. The van der Waals surface area contributed by atoms with Crippen LogP contribution < -0.4 is 4.90 Å². The zero-order chi connectivity index (χ0) is 18.8. The van der Waals surface area contributed by atoms with E-state index in [-0.39, 0.29) is 13.2 Å². The third kappa shape index (κ3) is 3.37. The normalized spacial score (nSPS) is 13.0. The van der Waals surface area contributed by atoms with Crippen molar-refractivity contribution < 1.29 is 19.1 Å². The highest BCUT2D eigenvalue weighted by Crippen LogP contribution is 2.28. The summed E-state index contributed by atoms with van der Waals surface area (Å²) in [5.41, 5.74) is 2.38. The number of amides is 1. The van der Waals surface area contributed by atoms with Crippen LogP contribution in [0.2, 0.25) is 0 Å². The standard InChI is InChI=1S/C20H14N2O4S/c23-17(10-22-16-9-5-4-8-15(16)18(24)20(22)25)26-11-14-12-27-19(21-14)13-6-2-1-3-7-13/h1-9,12H,10-11H2. The number of para-hydroxylation sites is 1. The van der Waals surface area contributed by atoms with Gasteiger partial charge in [0.25, 0.3) is 11.7 Å². The molecule has 0 atom stereocenters. The number of aromatic nitrogens is 1. The van der Waals surface area contributed by atoms with E-state index in [4.69, 9.17) is 4.74 Å². The Morgan fingerprint density at radius 1 is 1.04 bits per heavy atom. The van der Waals surface area contributed by atoms with Crippen LogP contribution in [0.1, 0.15) is 16.1 Å². The summed E-state index contributed by atoms with van der Waals surface area (Å²) < 4.78 is 5.24. The largest absolute Gasteiger partial charge is 0.458 e. The quantitative estimate of drug-likeness (QED) is 0.504. The second kappa shape index (κ2) is 7.13. The van der Waals surface area contributed by atoms with Crippen molar-refractivity contribution in [3.05, 3.63) is 71.2 Å². The van der Waals surface area contributed by atoms with Crippen LogP contribution in [0, 0.1) is 0 Å². The van der Waals surface area contributed by atoms with Gasteiger partial charge in [0.15, 0.2) is 0 Å². The highest BCUT2D eigenvalue weighted by Gasteiger charge is 2.36. The molecule has 2 aromatic carbocycles.